The molecule has 0 spiro atoms. The molecule has 0 saturated carbocycles. The summed E-state index contributed by atoms with van der Waals surface area (Å²) in [5, 5.41) is 2.98. The number of rotatable bonds is 5. The first-order chi connectivity index (χ1) is 16.3. The van der Waals surface area contributed by atoms with Gasteiger partial charge >= 0.3 is 0 Å². The van der Waals surface area contributed by atoms with E-state index in [1.165, 1.54) is 16.6 Å². The van der Waals surface area contributed by atoms with Crippen LogP contribution in [-0.2, 0) is 14.8 Å². The minimum absolute atomic E-state index is 0.0706. The van der Waals surface area contributed by atoms with Gasteiger partial charge in [-0.2, -0.15) is 4.31 Å². The predicted molar refractivity (Wildman–Crippen MR) is 131 cm³/mol. The van der Waals surface area contributed by atoms with Crippen LogP contribution < -0.4 is 5.32 Å². The lowest BCUT2D eigenvalue weighted by Crippen LogP contribution is -2.43. The number of benzene rings is 1. The van der Waals surface area contributed by atoms with Gasteiger partial charge in [-0.3, -0.25) is 9.59 Å². The summed E-state index contributed by atoms with van der Waals surface area (Å²) in [5.41, 5.74) is 3.06. The fraction of sp³-hybridized carbons (Fsp3) is 0.520. The molecule has 0 bridgehead atoms. The standard InChI is InChI=1S/C25H34N4O4S/c1-18-9-10-19(2)22(14-18)27-24(30)20-8-7-13-29(17-20)34(32,33)21-15-23(26-16-21)25(31)28-11-5-3-4-6-12-28/h9-10,14-16,20,26H,3-8,11-13,17H2,1-2H3,(H,27,30). The Morgan fingerprint density at radius 2 is 1.74 bits per heavy atom. The quantitative estimate of drug-likeness (QED) is 0.673. The Labute approximate surface area is 201 Å². The van der Waals surface area contributed by atoms with Crippen molar-refractivity contribution in [2.24, 2.45) is 5.92 Å². The monoisotopic (exact) mass is 486 g/mol. The first-order valence-electron chi connectivity index (χ1n) is 12.1. The topological polar surface area (TPSA) is 103 Å². The van der Waals surface area contributed by atoms with Crippen molar-refractivity contribution in [2.75, 3.05) is 31.5 Å². The summed E-state index contributed by atoms with van der Waals surface area (Å²) in [6, 6.07) is 7.30. The van der Waals surface area contributed by atoms with Gasteiger partial charge in [-0.1, -0.05) is 25.0 Å². The Hall–Kier alpha value is -2.65. The Balaban J connectivity index is 1.44. The van der Waals surface area contributed by atoms with Crippen LogP contribution in [0.5, 0.6) is 0 Å². The van der Waals surface area contributed by atoms with Crippen LogP contribution in [-0.4, -0.2) is 60.6 Å². The van der Waals surface area contributed by atoms with Gasteiger partial charge in [0, 0.05) is 38.1 Å². The molecule has 2 amide bonds. The van der Waals surface area contributed by atoms with E-state index in [9.17, 15) is 18.0 Å². The maximum Gasteiger partial charge on any atom is 0.270 e. The highest BCUT2D eigenvalue weighted by atomic mass is 32.2. The second-order valence-electron chi connectivity index (χ2n) is 9.47. The first kappa shape index (κ1) is 24.5. The lowest BCUT2D eigenvalue weighted by molar-refractivity contribution is -0.120. The zero-order chi connectivity index (χ0) is 24.3. The largest absolute Gasteiger partial charge is 0.356 e. The number of carbonyl (C=O) groups excluding carboxylic acids is 2. The smallest absolute Gasteiger partial charge is 0.270 e. The van der Waals surface area contributed by atoms with Crippen molar-refractivity contribution in [3.8, 4) is 0 Å². The molecule has 2 saturated heterocycles. The number of sulfonamides is 1. The van der Waals surface area contributed by atoms with Crippen LogP contribution in [0.4, 0.5) is 5.69 Å². The zero-order valence-corrected chi connectivity index (χ0v) is 20.8. The molecule has 34 heavy (non-hydrogen) atoms. The number of carbonyl (C=O) groups is 2. The van der Waals surface area contributed by atoms with Gasteiger partial charge in [-0.15, -0.1) is 0 Å². The summed E-state index contributed by atoms with van der Waals surface area (Å²) in [6.07, 6.45) is 6.79. The van der Waals surface area contributed by atoms with Gasteiger partial charge in [0.2, 0.25) is 15.9 Å². The molecule has 1 aromatic carbocycles. The number of hydrogen-bond donors (Lipinski definition) is 2. The van der Waals surface area contributed by atoms with E-state index in [-0.39, 0.29) is 23.3 Å². The van der Waals surface area contributed by atoms with Crippen LogP contribution in [0.15, 0.2) is 35.4 Å². The van der Waals surface area contributed by atoms with Crippen molar-refractivity contribution in [2.45, 2.75) is 57.3 Å². The zero-order valence-electron chi connectivity index (χ0n) is 20.0. The second kappa shape index (κ2) is 10.3. The molecule has 4 rings (SSSR count). The number of likely N-dealkylation sites (tertiary alicyclic amines) is 1. The molecule has 1 unspecified atom stereocenters. The van der Waals surface area contributed by atoms with Crippen LogP contribution >= 0.6 is 0 Å². The van der Waals surface area contributed by atoms with Crippen molar-refractivity contribution in [1.82, 2.24) is 14.2 Å². The van der Waals surface area contributed by atoms with Gasteiger partial charge in [-0.05, 0) is 62.8 Å². The number of hydrogen-bond acceptors (Lipinski definition) is 4. The minimum Gasteiger partial charge on any atom is -0.356 e. The molecule has 0 aliphatic carbocycles. The number of aryl methyl sites for hydroxylation is 2. The van der Waals surface area contributed by atoms with E-state index >= 15 is 0 Å². The molecular formula is C25H34N4O4S. The Morgan fingerprint density at radius 3 is 2.47 bits per heavy atom. The molecule has 2 fully saturated rings. The van der Waals surface area contributed by atoms with Crippen molar-refractivity contribution in [3.05, 3.63) is 47.3 Å². The number of piperidine rings is 1. The Kier molecular flexibility index (Phi) is 7.42. The van der Waals surface area contributed by atoms with E-state index in [0.29, 0.717) is 38.2 Å². The minimum atomic E-state index is -3.82. The van der Waals surface area contributed by atoms with E-state index in [0.717, 1.165) is 42.5 Å². The molecule has 9 heteroatoms. The van der Waals surface area contributed by atoms with Crippen LogP contribution in [0.3, 0.4) is 0 Å². The average molecular weight is 487 g/mol. The summed E-state index contributed by atoms with van der Waals surface area (Å²) >= 11 is 0. The summed E-state index contributed by atoms with van der Waals surface area (Å²) in [7, 11) is -3.82. The fourth-order valence-corrected chi connectivity index (χ4v) is 6.24. The third-order valence-electron chi connectivity index (χ3n) is 6.82. The van der Waals surface area contributed by atoms with Crippen LogP contribution in [0.2, 0.25) is 0 Å². The molecule has 184 valence electrons. The van der Waals surface area contributed by atoms with Crippen LogP contribution in [0.25, 0.3) is 0 Å². The maximum absolute atomic E-state index is 13.3. The van der Waals surface area contributed by atoms with Gasteiger partial charge in [0.25, 0.3) is 5.91 Å². The van der Waals surface area contributed by atoms with Gasteiger partial charge in [0.1, 0.15) is 10.6 Å². The normalized spacial score (nSPS) is 20.1. The SMILES string of the molecule is Cc1ccc(C)c(NC(=O)C2CCCN(S(=O)(=O)c3c[nH]c(C(=O)N4CCCCCC4)c3)C2)c1. The second-order valence-corrected chi connectivity index (χ2v) is 11.4. The first-order valence-corrected chi connectivity index (χ1v) is 13.6. The number of amides is 2. The van der Waals surface area contributed by atoms with Crippen molar-refractivity contribution >= 4 is 27.5 Å². The van der Waals surface area contributed by atoms with Gasteiger partial charge < -0.3 is 15.2 Å². The van der Waals surface area contributed by atoms with Gasteiger partial charge in [-0.25, -0.2) is 8.42 Å². The van der Waals surface area contributed by atoms with E-state index in [4.69, 9.17) is 0 Å². The van der Waals surface area contributed by atoms with Crippen molar-refractivity contribution < 1.29 is 18.0 Å². The molecule has 2 aromatic rings. The number of aromatic amines is 1. The number of nitrogens with zero attached hydrogens (tertiary/aromatic N) is 2. The lowest BCUT2D eigenvalue weighted by Gasteiger charge is -2.31. The summed E-state index contributed by atoms with van der Waals surface area (Å²) in [4.78, 5) is 30.6. The number of aromatic nitrogens is 1. The predicted octanol–water partition coefficient (Wildman–Crippen LogP) is 3.69. The van der Waals surface area contributed by atoms with E-state index in [1.54, 1.807) is 4.90 Å². The van der Waals surface area contributed by atoms with E-state index in [2.05, 4.69) is 10.3 Å². The number of H-pyrrole nitrogens is 1. The lowest BCUT2D eigenvalue weighted by atomic mass is 9.98. The van der Waals surface area contributed by atoms with Crippen LogP contribution in [0, 0.1) is 19.8 Å². The van der Waals surface area contributed by atoms with E-state index < -0.39 is 15.9 Å². The molecular weight excluding hydrogens is 452 g/mol. The molecule has 0 radical (unpaired) electrons. The van der Waals surface area contributed by atoms with Crippen molar-refractivity contribution in [3.63, 3.8) is 0 Å². The molecule has 3 heterocycles. The Morgan fingerprint density at radius 1 is 1.00 bits per heavy atom. The van der Waals surface area contributed by atoms with Crippen LogP contribution in [0.1, 0.15) is 60.1 Å². The van der Waals surface area contributed by atoms with E-state index in [1.807, 2.05) is 32.0 Å². The Bertz CT molecular complexity index is 1150. The third kappa shape index (κ3) is 5.36. The molecule has 2 N–H and O–H groups in total. The third-order valence-corrected chi connectivity index (χ3v) is 8.67. The number of nitrogens with one attached hydrogen (secondary N) is 2. The molecule has 2 aliphatic rings. The highest BCUT2D eigenvalue weighted by Gasteiger charge is 2.34. The number of anilines is 1. The van der Waals surface area contributed by atoms with Gasteiger partial charge in [0.15, 0.2) is 0 Å². The molecule has 1 aromatic heterocycles. The fourth-order valence-electron chi connectivity index (χ4n) is 4.72. The highest BCUT2D eigenvalue weighted by Crippen LogP contribution is 2.26. The summed E-state index contributed by atoms with van der Waals surface area (Å²) < 4.78 is 28.0. The summed E-state index contributed by atoms with van der Waals surface area (Å²) in [6.45, 7) is 5.78. The average Bonchev–Trinajstić information content (AvgIpc) is 3.18. The highest BCUT2D eigenvalue weighted by molar-refractivity contribution is 7.89. The van der Waals surface area contributed by atoms with Gasteiger partial charge in [0.05, 0.1) is 5.92 Å². The molecule has 8 nitrogen and oxygen atoms in total. The summed E-state index contributed by atoms with van der Waals surface area (Å²) in [5.74, 6) is -0.756. The maximum atomic E-state index is 13.3. The molecule has 1 atom stereocenters. The van der Waals surface area contributed by atoms with Crippen molar-refractivity contribution in [1.29, 1.82) is 0 Å². The molecule has 2 aliphatic heterocycles.